The normalized spacial score (nSPS) is 10.1. The van der Waals surface area contributed by atoms with Crippen molar-refractivity contribution >= 4 is 23.4 Å². The predicted octanol–water partition coefficient (Wildman–Crippen LogP) is 1.58. The molecule has 0 saturated heterocycles. The Labute approximate surface area is 151 Å². The summed E-state index contributed by atoms with van der Waals surface area (Å²) in [5.74, 6) is -1.60. The van der Waals surface area contributed by atoms with Gasteiger partial charge in [0.05, 0.1) is 19.5 Å². The van der Waals surface area contributed by atoms with Crippen LogP contribution in [-0.4, -0.2) is 42.8 Å². The molecule has 0 radical (unpaired) electrons. The molecule has 0 unspecified atom stereocenters. The summed E-state index contributed by atoms with van der Waals surface area (Å²) >= 11 is 0. The van der Waals surface area contributed by atoms with E-state index < -0.39 is 17.6 Å². The number of amides is 3. The molecule has 0 aromatic heterocycles. The second kappa shape index (κ2) is 9.31. The summed E-state index contributed by atoms with van der Waals surface area (Å²) in [6.45, 7) is -0.403. The molecule has 0 spiro atoms. The first kappa shape index (κ1) is 19.1. The summed E-state index contributed by atoms with van der Waals surface area (Å²) in [7, 11) is 1.46. The molecular weight excluding hydrogens is 337 g/mol. The highest BCUT2D eigenvalue weighted by atomic mass is 19.1. The minimum atomic E-state index is -0.464. The molecule has 0 aliphatic heterocycles. The number of anilines is 1. The highest BCUT2D eigenvalue weighted by molar-refractivity contribution is 5.95. The molecule has 0 bridgehead atoms. The van der Waals surface area contributed by atoms with E-state index in [1.165, 1.54) is 30.1 Å². The predicted molar refractivity (Wildman–Crippen MR) is 95.8 cm³/mol. The Morgan fingerprint density at radius 1 is 1.00 bits per heavy atom. The number of nitrogens with zero attached hydrogens (tertiary/aromatic N) is 1. The van der Waals surface area contributed by atoms with Crippen LogP contribution in [0.25, 0.3) is 0 Å². The number of carbonyl (C=O) groups is 3. The van der Waals surface area contributed by atoms with Crippen LogP contribution >= 0.6 is 0 Å². The van der Waals surface area contributed by atoms with Crippen molar-refractivity contribution in [1.29, 1.82) is 0 Å². The van der Waals surface area contributed by atoms with Crippen molar-refractivity contribution in [2.45, 2.75) is 6.42 Å². The minimum absolute atomic E-state index is 0.178. The summed E-state index contributed by atoms with van der Waals surface area (Å²) in [5.41, 5.74) is 1.16. The molecule has 0 heterocycles. The minimum Gasteiger partial charge on any atom is -0.347 e. The lowest BCUT2D eigenvalue weighted by Gasteiger charge is -2.17. The van der Waals surface area contributed by atoms with E-state index in [-0.39, 0.29) is 25.4 Å². The lowest BCUT2D eigenvalue weighted by atomic mass is 10.1. The van der Waals surface area contributed by atoms with Crippen molar-refractivity contribution in [1.82, 2.24) is 10.2 Å². The van der Waals surface area contributed by atoms with Gasteiger partial charge in [-0.2, -0.15) is 0 Å². The molecule has 136 valence electrons. The zero-order valence-corrected chi connectivity index (χ0v) is 14.4. The molecule has 2 aromatic rings. The lowest BCUT2D eigenvalue weighted by Crippen LogP contribution is -2.41. The number of rotatable bonds is 7. The molecule has 0 fully saturated rings. The third-order valence-electron chi connectivity index (χ3n) is 3.56. The van der Waals surface area contributed by atoms with E-state index in [0.717, 1.165) is 5.56 Å². The molecule has 0 atom stereocenters. The van der Waals surface area contributed by atoms with Gasteiger partial charge in [0.2, 0.25) is 17.7 Å². The number of hydrogen-bond donors (Lipinski definition) is 2. The Morgan fingerprint density at radius 3 is 2.42 bits per heavy atom. The van der Waals surface area contributed by atoms with E-state index >= 15 is 0 Å². The van der Waals surface area contributed by atoms with Crippen LogP contribution in [0.3, 0.4) is 0 Å². The summed E-state index contributed by atoms with van der Waals surface area (Å²) in [6.07, 6.45) is 0.178. The standard InChI is InChI=1S/C19H20FN3O3/c1-23(13-18(25)22-16-9-5-8-15(20)11-16)19(26)12-21-17(24)10-14-6-3-2-4-7-14/h2-9,11H,10,12-13H2,1H3,(H,21,24)(H,22,25). The fraction of sp³-hybridized carbons (Fsp3) is 0.211. The van der Waals surface area contributed by atoms with Crippen molar-refractivity contribution in [3.8, 4) is 0 Å². The van der Waals surface area contributed by atoms with Gasteiger partial charge in [0.15, 0.2) is 0 Å². The van der Waals surface area contributed by atoms with Gasteiger partial charge >= 0.3 is 0 Å². The number of carbonyl (C=O) groups excluding carboxylic acids is 3. The molecule has 7 heteroatoms. The maximum absolute atomic E-state index is 13.1. The van der Waals surface area contributed by atoms with E-state index in [4.69, 9.17) is 0 Å². The molecule has 0 aliphatic carbocycles. The van der Waals surface area contributed by atoms with Crippen molar-refractivity contribution in [2.75, 3.05) is 25.5 Å². The van der Waals surface area contributed by atoms with Crippen LogP contribution in [-0.2, 0) is 20.8 Å². The quantitative estimate of drug-likeness (QED) is 0.790. The number of benzene rings is 2. The third kappa shape index (κ3) is 6.35. The second-order valence-electron chi connectivity index (χ2n) is 5.75. The molecular formula is C19H20FN3O3. The fourth-order valence-corrected chi connectivity index (χ4v) is 2.22. The fourth-order valence-electron chi connectivity index (χ4n) is 2.22. The van der Waals surface area contributed by atoms with E-state index in [9.17, 15) is 18.8 Å². The van der Waals surface area contributed by atoms with Crippen molar-refractivity contribution < 1.29 is 18.8 Å². The van der Waals surface area contributed by atoms with Gasteiger partial charge < -0.3 is 15.5 Å². The van der Waals surface area contributed by atoms with Crippen molar-refractivity contribution in [3.05, 3.63) is 66.0 Å². The molecule has 3 amide bonds. The molecule has 2 rings (SSSR count). The van der Waals surface area contributed by atoms with Gasteiger partial charge in [0, 0.05) is 12.7 Å². The first-order valence-electron chi connectivity index (χ1n) is 8.04. The van der Waals surface area contributed by atoms with E-state index in [1.807, 2.05) is 30.3 Å². The number of nitrogens with one attached hydrogen (secondary N) is 2. The zero-order chi connectivity index (χ0) is 18.9. The Kier molecular flexibility index (Phi) is 6.84. The number of likely N-dealkylation sites (N-methyl/N-ethyl adjacent to an activating group) is 1. The lowest BCUT2D eigenvalue weighted by molar-refractivity contribution is -0.134. The summed E-state index contributed by atoms with van der Waals surface area (Å²) < 4.78 is 13.1. The van der Waals surface area contributed by atoms with Crippen LogP contribution in [0.4, 0.5) is 10.1 Å². The van der Waals surface area contributed by atoms with Gasteiger partial charge in [0.1, 0.15) is 5.82 Å². The largest absolute Gasteiger partial charge is 0.347 e. The second-order valence-corrected chi connectivity index (χ2v) is 5.75. The maximum Gasteiger partial charge on any atom is 0.243 e. The molecule has 0 saturated carbocycles. The zero-order valence-electron chi connectivity index (χ0n) is 14.4. The van der Waals surface area contributed by atoms with Gasteiger partial charge in [-0.3, -0.25) is 14.4 Å². The number of hydrogen-bond acceptors (Lipinski definition) is 3. The Balaban J connectivity index is 1.74. The van der Waals surface area contributed by atoms with Crippen molar-refractivity contribution in [2.24, 2.45) is 0 Å². The molecule has 6 nitrogen and oxygen atoms in total. The van der Waals surface area contributed by atoms with Crippen LogP contribution in [0.1, 0.15) is 5.56 Å². The Bertz CT molecular complexity index is 781. The van der Waals surface area contributed by atoms with Crippen LogP contribution in [0.2, 0.25) is 0 Å². The van der Waals surface area contributed by atoms with Gasteiger partial charge in [-0.05, 0) is 23.8 Å². The smallest absolute Gasteiger partial charge is 0.243 e. The third-order valence-corrected chi connectivity index (χ3v) is 3.56. The van der Waals surface area contributed by atoms with Gasteiger partial charge in [-0.15, -0.1) is 0 Å². The van der Waals surface area contributed by atoms with Gasteiger partial charge in [0.25, 0.3) is 0 Å². The van der Waals surface area contributed by atoms with E-state index in [1.54, 1.807) is 6.07 Å². The highest BCUT2D eigenvalue weighted by Gasteiger charge is 2.14. The molecule has 0 aliphatic rings. The summed E-state index contributed by atoms with van der Waals surface area (Å²) in [5, 5.41) is 5.04. The maximum atomic E-state index is 13.1. The average molecular weight is 357 g/mol. The van der Waals surface area contributed by atoms with Crippen molar-refractivity contribution in [3.63, 3.8) is 0 Å². The van der Waals surface area contributed by atoms with Crippen LogP contribution in [0, 0.1) is 5.82 Å². The number of halogens is 1. The molecule has 2 N–H and O–H groups in total. The molecule has 26 heavy (non-hydrogen) atoms. The highest BCUT2D eigenvalue weighted by Crippen LogP contribution is 2.08. The first-order valence-corrected chi connectivity index (χ1v) is 8.04. The first-order chi connectivity index (χ1) is 12.4. The van der Waals surface area contributed by atoms with Crippen LogP contribution in [0.15, 0.2) is 54.6 Å². The van der Waals surface area contributed by atoms with Gasteiger partial charge in [-0.1, -0.05) is 36.4 Å². The summed E-state index contributed by atoms with van der Waals surface area (Å²) in [6, 6.07) is 14.6. The van der Waals surface area contributed by atoms with Crippen LogP contribution in [0.5, 0.6) is 0 Å². The average Bonchev–Trinajstić information content (AvgIpc) is 2.60. The summed E-state index contributed by atoms with van der Waals surface area (Å²) in [4.78, 5) is 36.9. The van der Waals surface area contributed by atoms with Crippen LogP contribution < -0.4 is 10.6 Å². The monoisotopic (exact) mass is 357 g/mol. The Morgan fingerprint density at radius 2 is 1.73 bits per heavy atom. The topological polar surface area (TPSA) is 78.5 Å². The van der Waals surface area contributed by atoms with E-state index in [2.05, 4.69) is 10.6 Å². The molecule has 2 aromatic carbocycles. The van der Waals surface area contributed by atoms with E-state index in [0.29, 0.717) is 5.69 Å². The Hall–Kier alpha value is -3.22. The van der Waals surface area contributed by atoms with Gasteiger partial charge in [-0.25, -0.2) is 4.39 Å². The SMILES string of the molecule is CN(CC(=O)Nc1cccc(F)c1)C(=O)CNC(=O)Cc1ccccc1.